The first-order chi connectivity index (χ1) is 5.68. The van der Waals surface area contributed by atoms with Gasteiger partial charge in [0.25, 0.3) is 0 Å². The molecule has 0 aromatic heterocycles. The van der Waals surface area contributed by atoms with Crippen molar-refractivity contribution in [3.63, 3.8) is 0 Å². The van der Waals surface area contributed by atoms with Crippen LogP contribution in [0.5, 0.6) is 0 Å². The predicted octanol–water partition coefficient (Wildman–Crippen LogP) is -0.597. The van der Waals surface area contributed by atoms with Crippen molar-refractivity contribution < 1.29 is 12.4 Å². The molecule has 0 amide bonds. The van der Waals surface area contributed by atoms with Crippen molar-refractivity contribution >= 4 is 19.6 Å². The second-order valence-electron chi connectivity index (χ2n) is 3.74. The van der Waals surface area contributed by atoms with Crippen molar-refractivity contribution in [2.24, 2.45) is 5.92 Å². The standard InChI is InChI=1S/C7H7.C4H9.Al.ClH/c1-7-5-3-2-4-6-7;1-4(2)3;;/h3-6H,1H3;4H,1H2,2-3H3;;1H/q;;+1;/p-1. The minimum absolute atomic E-state index is 0. The van der Waals surface area contributed by atoms with Crippen molar-refractivity contribution in [1.82, 2.24) is 0 Å². The summed E-state index contributed by atoms with van der Waals surface area (Å²) in [4.78, 5) is 0. The van der Waals surface area contributed by atoms with Gasteiger partial charge in [0.15, 0.2) is 0 Å². The molecule has 0 atom stereocenters. The molecule has 0 nitrogen and oxygen atoms in total. The fraction of sp³-hybridized carbons (Fsp3) is 0.455. The van der Waals surface area contributed by atoms with Gasteiger partial charge in [0.05, 0.1) is 0 Å². The summed E-state index contributed by atoms with van der Waals surface area (Å²) < 4.78 is 1.55. The largest absolute Gasteiger partial charge is 1.00 e. The summed E-state index contributed by atoms with van der Waals surface area (Å²) in [6.07, 6.45) is 0. The van der Waals surface area contributed by atoms with E-state index in [4.69, 9.17) is 0 Å². The molecule has 0 aliphatic rings. The first-order valence-corrected chi connectivity index (χ1v) is 5.98. The number of hydrogen-bond acceptors (Lipinski definition) is 0. The first-order valence-electron chi connectivity index (χ1n) is 4.58. The Balaban J connectivity index is 0.00000144. The summed E-state index contributed by atoms with van der Waals surface area (Å²) >= 11 is 0.503. The van der Waals surface area contributed by atoms with Crippen molar-refractivity contribution in [3.05, 3.63) is 29.8 Å². The van der Waals surface area contributed by atoms with E-state index >= 15 is 0 Å². The van der Waals surface area contributed by atoms with Gasteiger partial charge in [0.2, 0.25) is 0 Å². The zero-order valence-electron chi connectivity index (χ0n) is 8.55. The van der Waals surface area contributed by atoms with Gasteiger partial charge in [-0.25, -0.2) is 0 Å². The molecule has 2 heteroatoms. The molecule has 0 heterocycles. The van der Waals surface area contributed by atoms with E-state index in [0.717, 1.165) is 5.92 Å². The second-order valence-corrected chi connectivity index (χ2v) is 5.29. The molecule has 1 aromatic carbocycles. The van der Waals surface area contributed by atoms with Crippen molar-refractivity contribution in [2.75, 3.05) is 0 Å². The molecule has 0 fully saturated rings. The van der Waals surface area contributed by atoms with Gasteiger partial charge in [-0.3, -0.25) is 0 Å². The molecule has 0 aliphatic carbocycles. The fourth-order valence-corrected chi connectivity index (χ4v) is 2.28. The number of hydrogen-bond donors (Lipinski definition) is 0. The van der Waals surface area contributed by atoms with Gasteiger partial charge in [-0.15, -0.1) is 0 Å². The summed E-state index contributed by atoms with van der Waals surface area (Å²) in [6, 6.07) is 8.96. The number of aryl methyl sites for hydroxylation is 1. The molecular weight excluding hydrogens is 195 g/mol. The third-order valence-corrected chi connectivity index (χ3v) is 3.94. The third kappa shape index (κ3) is 5.37. The Hall–Kier alpha value is 0.0425. The molecule has 0 spiro atoms. The van der Waals surface area contributed by atoms with Crippen LogP contribution in [-0.4, -0.2) is 15.2 Å². The third-order valence-electron chi connectivity index (χ3n) is 1.90. The normalized spacial score (nSPS) is 9.23. The van der Waals surface area contributed by atoms with E-state index in [2.05, 4.69) is 45.0 Å². The molecule has 0 unspecified atom stereocenters. The zero-order valence-corrected chi connectivity index (χ0v) is 10.5. The smallest absolute Gasteiger partial charge is 1.00 e. The molecule has 0 N–H and O–H groups in total. The number of benzene rings is 1. The SMILES string of the molecule is Cc1cc[c]([Al+][CH2]C(C)C)cc1.[Cl-]. The predicted molar refractivity (Wildman–Crippen MR) is 56.2 cm³/mol. The van der Waals surface area contributed by atoms with E-state index in [9.17, 15) is 0 Å². The van der Waals surface area contributed by atoms with Crippen LogP contribution in [0, 0.1) is 12.8 Å². The van der Waals surface area contributed by atoms with Crippen LogP contribution >= 0.6 is 0 Å². The van der Waals surface area contributed by atoms with Crippen LogP contribution in [-0.2, 0) is 0 Å². The first kappa shape index (κ1) is 13.0. The molecule has 1 aromatic rings. The van der Waals surface area contributed by atoms with Gasteiger partial charge in [-0.05, 0) is 0 Å². The van der Waals surface area contributed by atoms with E-state index in [-0.39, 0.29) is 12.4 Å². The molecule has 0 aliphatic heterocycles. The molecule has 0 bridgehead atoms. The van der Waals surface area contributed by atoms with Gasteiger partial charge in [-0.2, -0.15) is 0 Å². The quantitative estimate of drug-likeness (QED) is 0.585. The summed E-state index contributed by atoms with van der Waals surface area (Å²) in [6.45, 7) is 6.73. The Kier molecular flexibility index (Phi) is 6.51. The van der Waals surface area contributed by atoms with E-state index in [1.165, 1.54) is 10.8 Å². The Bertz CT molecular complexity index is 228. The van der Waals surface area contributed by atoms with Gasteiger partial charge in [0, 0.05) is 0 Å². The van der Waals surface area contributed by atoms with Crippen LogP contribution in [0.15, 0.2) is 24.3 Å². The molecule has 0 radical (unpaired) electrons. The summed E-state index contributed by atoms with van der Waals surface area (Å²) in [5.41, 5.74) is 1.36. The molecule has 13 heavy (non-hydrogen) atoms. The van der Waals surface area contributed by atoms with Crippen LogP contribution < -0.4 is 16.8 Å². The second kappa shape index (κ2) is 6.49. The van der Waals surface area contributed by atoms with Crippen molar-refractivity contribution in [2.45, 2.75) is 26.1 Å². The molecular formula is C11H16AlCl. The molecule has 1 rings (SSSR count). The number of halogens is 1. The van der Waals surface area contributed by atoms with Crippen LogP contribution in [0.25, 0.3) is 0 Å². The van der Waals surface area contributed by atoms with Gasteiger partial charge >= 0.3 is 81.4 Å². The monoisotopic (exact) mass is 210 g/mol. The number of rotatable bonds is 3. The summed E-state index contributed by atoms with van der Waals surface area (Å²) in [7, 11) is 0. The maximum absolute atomic E-state index is 2.29. The fourth-order valence-electron chi connectivity index (χ4n) is 1.07. The zero-order chi connectivity index (χ0) is 8.97. The van der Waals surface area contributed by atoms with Gasteiger partial charge < -0.3 is 12.4 Å². The minimum atomic E-state index is 0. The van der Waals surface area contributed by atoms with E-state index in [0.29, 0.717) is 15.2 Å². The summed E-state index contributed by atoms with van der Waals surface area (Å²) in [5, 5.41) is 1.38. The topological polar surface area (TPSA) is 0 Å². The Morgan fingerprint density at radius 2 is 1.69 bits per heavy atom. The van der Waals surface area contributed by atoms with Gasteiger partial charge in [-0.1, -0.05) is 0 Å². The van der Waals surface area contributed by atoms with E-state index < -0.39 is 0 Å². The van der Waals surface area contributed by atoms with Crippen LogP contribution in [0.2, 0.25) is 5.28 Å². The molecule has 0 saturated carbocycles. The maximum Gasteiger partial charge on any atom is -1.00 e. The van der Waals surface area contributed by atoms with Gasteiger partial charge in [0.1, 0.15) is 0 Å². The Morgan fingerprint density at radius 1 is 1.15 bits per heavy atom. The van der Waals surface area contributed by atoms with E-state index in [1.54, 1.807) is 4.43 Å². The van der Waals surface area contributed by atoms with Crippen LogP contribution in [0.3, 0.4) is 0 Å². The minimum Gasteiger partial charge on any atom is -1.00 e. The van der Waals surface area contributed by atoms with E-state index in [1.807, 2.05) is 0 Å². The Morgan fingerprint density at radius 3 is 2.15 bits per heavy atom. The molecule has 0 saturated heterocycles. The van der Waals surface area contributed by atoms with Crippen molar-refractivity contribution in [3.8, 4) is 0 Å². The Labute approximate surface area is 93.9 Å². The maximum atomic E-state index is 2.29. The van der Waals surface area contributed by atoms with Crippen LogP contribution in [0.4, 0.5) is 0 Å². The van der Waals surface area contributed by atoms with Crippen molar-refractivity contribution in [1.29, 1.82) is 0 Å². The average molecular weight is 211 g/mol. The summed E-state index contributed by atoms with van der Waals surface area (Å²) in [5.74, 6) is 0.848. The molecule has 70 valence electrons. The average Bonchev–Trinajstić information content (AvgIpc) is 2.03. The van der Waals surface area contributed by atoms with Crippen LogP contribution in [0.1, 0.15) is 19.4 Å².